The van der Waals surface area contributed by atoms with Crippen molar-refractivity contribution in [1.82, 2.24) is 4.98 Å². The molecule has 4 aromatic rings. The first-order chi connectivity index (χ1) is 13.2. The highest BCUT2D eigenvalue weighted by Gasteiger charge is 2.17. The van der Waals surface area contributed by atoms with Crippen molar-refractivity contribution < 1.29 is 9.34 Å². The van der Waals surface area contributed by atoms with Crippen molar-refractivity contribution in [3.63, 3.8) is 0 Å². The monoisotopic (exact) mass is 374 g/mol. The van der Waals surface area contributed by atoms with Crippen molar-refractivity contribution in [3.05, 3.63) is 95.0 Å². The van der Waals surface area contributed by atoms with Crippen molar-refractivity contribution in [2.45, 2.75) is 10.1 Å². The average Bonchev–Trinajstić information content (AvgIpc) is 3.13. The van der Waals surface area contributed by atoms with E-state index in [0.717, 1.165) is 21.7 Å². The molecule has 5 nitrogen and oxygen atoms in total. The van der Waals surface area contributed by atoms with Crippen LogP contribution in [-0.4, -0.2) is 9.91 Å². The lowest BCUT2D eigenvalue weighted by Gasteiger charge is -2.00. The highest BCUT2D eigenvalue weighted by Crippen LogP contribution is 2.37. The van der Waals surface area contributed by atoms with Gasteiger partial charge in [-0.3, -0.25) is 10.1 Å². The van der Waals surface area contributed by atoms with E-state index in [1.54, 1.807) is 12.1 Å². The molecule has 4 rings (SSSR count). The summed E-state index contributed by atoms with van der Waals surface area (Å²) >= 11 is 1.33. The second kappa shape index (κ2) is 7.47. The van der Waals surface area contributed by atoms with Gasteiger partial charge in [-0.2, -0.15) is 0 Å². The van der Waals surface area contributed by atoms with Gasteiger partial charge >= 0.3 is 0 Å². The highest BCUT2D eigenvalue weighted by molar-refractivity contribution is 7.99. The normalized spacial score (nSPS) is 10.7. The van der Waals surface area contributed by atoms with Gasteiger partial charge in [0.1, 0.15) is 5.69 Å². The van der Waals surface area contributed by atoms with Gasteiger partial charge in [0.05, 0.1) is 4.92 Å². The van der Waals surface area contributed by atoms with Crippen molar-refractivity contribution >= 4 is 17.4 Å². The van der Waals surface area contributed by atoms with Crippen LogP contribution in [0.2, 0.25) is 0 Å². The quantitative estimate of drug-likeness (QED) is 0.313. The van der Waals surface area contributed by atoms with Crippen LogP contribution in [0.1, 0.15) is 0 Å². The SMILES string of the molecule is O=[N+]([O-])c1ccc(Sc2nc(-c3ccccc3)c(-c3ccccc3)o2)cc1. The molecule has 0 saturated carbocycles. The predicted octanol–water partition coefficient (Wildman–Crippen LogP) is 6.07. The summed E-state index contributed by atoms with van der Waals surface area (Å²) in [6.07, 6.45) is 0. The van der Waals surface area contributed by atoms with Crippen molar-refractivity contribution in [1.29, 1.82) is 0 Å². The van der Waals surface area contributed by atoms with Crippen LogP contribution in [0, 0.1) is 10.1 Å². The molecule has 0 N–H and O–H groups in total. The van der Waals surface area contributed by atoms with E-state index in [2.05, 4.69) is 4.98 Å². The molecular formula is C21H14N2O3S. The van der Waals surface area contributed by atoms with Crippen LogP contribution in [0.25, 0.3) is 22.6 Å². The Kier molecular flexibility index (Phi) is 4.72. The first-order valence-electron chi connectivity index (χ1n) is 8.25. The minimum Gasteiger partial charge on any atom is -0.430 e. The molecule has 1 heterocycles. The van der Waals surface area contributed by atoms with Crippen molar-refractivity contribution in [2.75, 3.05) is 0 Å². The van der Waals surface area contributed by atoms with E-state index < -0.39 is 4.92 Å². The Morgan fingerprint density at radius 1 is 0.815 bits per heavy atom. The Labute approximate surface area is 159 Å². The molecule has 0 radical (unpaired) electrons. The number of benzene rings is 3. The molecule has 0 fully saturated rings. The summed E-state index contributed by atoms with van der Waals surface area (Å²) in [5.74, 6) is 0.700. The van der Waals surface area contributed by atoms with Gasteiger partial charge in [-0.25, -0.2) is 4.98 Å². The Morgan fingerprint density at radius 2 is 1.41 bits per heavy atom. The number of rotatable bonds is 5. The van der Waals surface area contributed by atoms with E-state index in [0.29, 0.717) is 11.0 Å². The topological polar surface area (TPSA) is 69.2 Å². The van der Waals surface area contributed by atoms with Crippen molar-refractivity contribution in [2.24, 2.45) is 0 Å². The van der Waals surface area contributed by atoms with Gasteiger partial charge < -0.3 is 4.42 Å². The fraction of sp³-hybridized carbons (Fsp3) is 0. The van der Waals surface area contributed by atoms with Gasteiger partial charge in [0, 0.05) is 28.2 Å². The smallest absolute Gasteiger partial charge is 0.269 e. The second-order valence-electron chi connectivity index (χ2n) is 5.74. The van der Waals surface area contributed by atoms with Crippen LogP contribution in [-0.2, 0) is 0 Å². The number of nitro groups is 1. The van der Waals surface area contributed by atoms with E-state index in [-0.39, 0.29) is 5.69 Å². The van der Waals surface area contributed by atoms with Gasteiger partial charge in [-0.15, -0.1) is 0 Å². The zero-order valence-electron chi connectivity index (χ0n) is 14.1. The summed E-state index contributed by atoms with van der Waals surface area (Å²) < 4.78 is 6.05. The third-order valence-electron chi connectivity index (χ3n) is 3.94. The number of nitrogens with zero attached hydrogens (tertiary/aromatic N) is 2. The lowest BCUT2D eigenvalue weighted by molar-refractivity contribution is -0.384. The molecule has 0 aliphatic heterocycles. The van der Waals surface area contributed by atoms with Gasteiger partial charge in [-0.1, -0.05) is 60.7 Å². The molecule has 132 valence electrons. The molecule has 0 spiro atoms. The summed E-state index contributed by atoms with van der Waals surface area (Å²) in [6.45, 7) is 0. The van der Waals surface area contributed by atoms with Gasteiger partial charge in [0.15, 0.2) is 5.76 Å². The number of non-ortho nitro benzene ring substituents is 1. The Hall–Kier alpha value is -3.38. The number of hydrogen-bond acceptors (Lipinski definition) is 5. The minimum atomic E-state index is -0.416. The highest BCUT2D eigenvalue weighted by atomic mass is 32.2. The molecule has 3 aromatic carbocycles. The maximum Gasteiger partial charge on any atom is 0.269 e. The summed E-state index contributed by atoms with van der Waals surface area (Å²) in [7, 11) is 0. The minimum absolute atomic E-state index is 0.0571. The van der Waals surface area contributed by atoms with Crippen LogP contribution in [0.5, 0.6) is 0 Å². The molecule has 27 heavy (non-hydrogen) atoms. The van der Waals surface area contributed by atoms with E-state index in [1.165, 1.54) is 23.9 Å². The maximum absolute atomic E-state index is 10.8. The number of nitro benzene ring substituents is 1. The lowest BCUT2D eigenvalue weighted by atomic mass is 10.1. The molecule has 1 aromatic heterocycles. The van der Waals surface area contributed by atoms with E-state index in [9.17, 15) is 10.1 Å². The molecule has 0 atom stereocenters. The largest absolute Gasteiger partial charge is 0.430 e. The Morgan fingerprint density at radius 3 is 2.00 bits per heavy atom. The summed E-state index contributed by atoms with van der Waals surface area (Å²) in [5.41, 5.74) is 2.74. The van der Waals surface area contributed by atoms with Crippen LogP contribution in [0.15, 0.2) is 99.5 Å². The van der Waals surface area contributed by atoms with Crippen LogP contribution in [0.3, 0.4) is 0 Å². The fourth-order valence-corrected chi connectivity index (χ4v) is 3.39. The first-order valence-corrected chi connectivity index (χ1v) is 9.06. The summed E-state index contributed by atoms with van der Waals surface area (Å²) in [6, 6.07) is 26.0. The summed E-state index contributed by atoms with van der Waals surface area (Å²) in [5, 5.41) is 11.3. The molecule has 0 saturated heterocycles. The molecule has 0 amide bonds. The van der Waals surface area contributed by atoms with Crippen LogP contribution < -0.4 is 0 Å². The number of hydrogen-bond donors (Lipinski definition) is 0. The van der Waals surface area contributed by atoms with Crippen molar-refractivity contribution in [3.8, 4) is 22.6 Å². The Balaban J connectivity index is 1.72. The molecule has 0 bridgehead atoms. The van der Waals surface area contributed by atoms with Gasteiger partial charge in [0.2, 0.25) is 0 Å². The zero-order valence-corrected chi connectivity index (χ0v) is 14.9. The predicted molar refractivity (Wildman–Crippen MR) is 105 cm³/mol. The molecule has 0 aliphatic rings. The van der Waals surface area contributed by atoms with Crippen LogP contribution >= 0.6 is 11.8 Å². The third kappa shape index (κ3) is 3.75. The summed E-state index contributed by atoms with van der Waals surface area (Å²) in [4.78, 5) is 15.9. The van der Waals surface area contributed by atoms with Gasteiger partial charge in [0.25, 0.3) is 10.9 Å². The average molecular weight is 374 g/mol. The molecular weight excluding hydrogens is 360 g/mol. The second-order valence-corrected chi connectivity index (χ2v) is 6.77. The maximum atomic E-state index is 10.8. The first kappa shape index (κ1) is 17.1. The molecule has 0 unspecified atom stereocenters. The fourth-order valence-electron chi connectivity index (χ4n) is 2.66. The number of aromatic nitrogens is 1. The lowest BCUT2D eigenvalue weighted by Crippen LogP contribution is -1.86. The molecule has 6 heteroatoms. The third-order valence-corrected chi connectivity index (χ3v) is 4.80. The Bertz CT molecular complexity index is 1000. The van der Waals surface area contributed by atoms with E-state index in [4.69, 9.17) is 4.42 Å². The van der Waals surface area contributed by atoms with E-state index >= 15 is 0 Å². The standard InChI is InChI=1S/C21H14N2O3S/c24-23(25)17-11-13-18(14-12-17)27-21-22-19(15-7-3-1-4-8-15)20(26-21)16-9-5-2-6-10-16/h1-14H. The van der Waals surface area contributed by atoms with E-state index in [1.807, 2.05) is 60.7 Å². The van der Waals surface area contributed by atoms with Crippen LogP contribution in [0.4, 0.5) is 5.69 Å². The van der Waals surface area contributed by atoms with Gasteiger partial charge in [-0.05, 0) is 23.9 Å². The molecule has 0 aliphatic carbocycles. The zero-order chi connectivity index (χ0) is 18.6. The number of oxazole rings is 1.